The molecule has 0 aliphatic heterocycles. The van der Waals surface area contributed by atoms with Crippen LogP contribution in [0.5, 0.6) is 0 Å². The Kier molecular flexibility index (Phi) is 2.74. The number of hydrogen-bond acceptors (Lipinski definition) is 5. The van der Waals surface area contributed by atoms with Crippen LogP contribution in [0.2, 0.25) is 0 Å². The van der Waals surface area contributed by atoms with Crippen molar-refractivity contribution in [2.75, 3.05) is 5.73 Å². The zero-order valence-corrected chi connectivity index (χ0v) is 11.8. The van der Waals surface area contributed by atoms with Gasteiger partial charge in [-0.1, -0.05) is 12.1 Å². The molecule has 112 valence electrons. The highest BCUT2D eigenvalue weighted by Crippen LogP contribution is 2.26. The summed E-state index contributed by atoms with van der Waals surface area (Å²) in [5, 5.41) is 14.4. The van der Waals surface area contributed by atoms with Crippen LogP contribution in [0.1, 0.15) is 10.4 Å². The number of carboxylic acid groups (broad SMARTS) is 1. The quantitative estimate of drug-likeness (QED) is 0.588. The average molecular weight is 305 g/mol. The van der Waals surface area contributed by atoms with Crippen molar-refractivity contribution in [3.05, 3.63) is 54.4 Å². The van der Waals surface area contributed by atoms with E-state index in [0.29, 0.717) is 5.56 Å². The maximum absolute atomic E-state index is 11.5. The van der Waals surface area contributed by atoms with Gasteiger partial charge < -0.3 is 10.8 Å². The first-order chi connectivity index (χ1) is 11.1. The Morgan fingerprint density at radius 1 is 1.17 bits per heavy atom. The molecule has 1 aromatic carbocycles. The molecule has 0 spiro atoms. The van der Waals surface area contributed by atoms with E-state index in [1.54, 1.807) is 18.5 Å². The molecule has 3 aromatic heterocycles. The highest BCUT2D eigenvalue weighted by molar-refractivity contribution is 5.96. The van der Waals surface area contributed by atoms with Crippen LogP contribution < -0.4 is 5.73 Å². The Balaban J connectivity index is 1.97. The molecule has 4 rings (SSSR count). The average Bonchev–Trinajstić information content (AvgIpc) is 2.93. The fourth-order valence-electron chi connectivity index (χ4n) is 2.57. The molecule has 0 aliphatic carbocycles. The van der Waals surface area contributed by atoms with Gasteiger partial charge in [0.25, 0.3) is 0 Å². The van der Waals surface area contributed by atoms with Gasteiger partial charge in [0.2, 0.25) is 5.95 Å². The summed E-state index contributed by atoms with van der Waals surface area (Å²) in [7, 11) is 0. The molecule has 0 bridgehead atoms. The van der Waals surface area contributed by atoms with Gasteiger partial charge in [-0.25, -0.2) is 9.31 Å². The van der Waals surface area contributed by atoms with Crippen LogP contribution in [0, 0.1) is 0 Å². The first-order valence-corrected chi connectivity index (χ1v) is 6.86. The van der Waals surface area contributed by atoms with Gasteiger partial charge in [0.05, 0.1) is 5.52 Å². The van der Waals surface area contributed by atoms with E-state index in [-0.39, 0.29) is 17.2 Å². The number of rotatable bonds is 2. The van der Waals surface area contributed by atoms with Crippen LogP contribution in [0.3, 0.4) is 0 Å². The van der Waals surface area contributed by atoms with Crippen LogP contribution in [0.4, 0.5) is 5.95 Å². The lowest BCUT2D eigenvalue weighted by Crippen LogP contribution is -2.02. The molecular formula is C16H11N5O2. The number of pyridine rings is 2. The molecule has 23 heavy (non-hydrogen) atoms. The van der Waals surface area contributed by atoms with E-state index in [4.69, 9.17) is 5.73 Å². The number of fused-ring (bicyclic) bond motifs is 2. The Morgan fingerprint density at radius 2 is 2.04 bits per heavy atom. The molecular weight excluding hydrogens is 294 g/mol. The molecule has 7 heteroatoms. The summed E-state index contributed by atoms with van der Waals surface area (Å²) >= 11 is 0. The van der Waals surface area contributed by atoms with Crippen molar-refractivity contribution in [1.82, 2.24) is 19.6 Å². The Morgan fingerprint density at radius 3 is 2.87 bits per heavy atom. The van der Waals surface area contributed by atoms with Gasteiger partial charge in [0.1, 0.15) is 5.56 Å². The SMILES string of the molecule is Nc1nc2c(C(=O)O)cc(-c3ccc4ncccc4c3)cn2n1. The molecule has 3 N–H and O–H groups in total. The fraction of sp³-hybridized carbons (Fsp3) is 0. The predicted octanol–water partition coefficient (Wildman–Crippen LogP) is 2.22. The highest BCUT2D eigenvalue weighted by Gasteiger charge is 2.15. The lowest BCUT2D eigenvalue weighted by Gasteiger charge is -2.06. The lowest BCUT2D eigenvalue weighted by molar-refractivity contribution is 0.0698. The molecule has 0 fully saturated rings. The number of nitrogens with zero attached hydrogens (tertiary/aromatic N) is 4. The molecule has 0 unspecified atom stereocenters. The zero-order valence-electron chi connectivity index (χ0n) is 11.8. The third kappa shape index (κ3) is 2.15. The number of nitrogen functional groups attached to an aromatic ring is 1. The van der Waals surface area contributed by atoms with Gasteiger partial charge in [-0.15, -0.1) is 5.10 Å². The molecule has 0 amide bonds. The molecule has 0 saturated carbocycles. The highest BCUT2D eigenvalue weighted by atomic mass is 16.4. The van der Waals surface area contributed by atoms with Crippen LogP contribution in [-0.2, 0) is 0 Å². The molecule has 0 atom stereocenters. The zero-order chi connectivity index (χ0) is 16.0. The molecule has 7 nitrogen and oxygen atoms in total. The van der Waals surface area contributed by atoms with Crippen molar-refractivity contribution < 1.29 is 9.90 Å². The summed E-state index contributed by atoms with van der Waals surface area (Å²) < 4.78 is 1.39. The van der Waals surface area contributed by atoms with Crippen LogP contribution in [0.15, 0.2) is 48.8 Å². The van der Waals surface area contributed by atoms with Crippen molar-refractivity contribution in [1.29, 1.82) is 0 Å². The van der Waals surface area contributed by atoms with E-state index in [2.05, 4.69) is 15.1 Å². The van der Waals surface area contributed by atoms with E-state index < -0.39 is 5.97 Å². The fourth-order valence-corrected chi connectivity index (χ4v) is 2.57. The number of anilines is 1. The minimum atomic E-state index is -1.08. The smallest absolute Gasteiger partial charge is 0.339 e. The summed E-state index contributed by atoms with van der Waals surface area (Å²) in [4.78, 5) is 19.7. The van der Waals surface area contributed by atoms with Crippen molar-refractivity contribution >= 4 is 28.5 Å². The summed E-state index contributed by atoms with van der Waals surface area (Å²) in [6.45, 7) is 0. The largest absolute Gasteiger partial charge is 0.478 e. The minimum absolute atomic E-state index is 0.0346. The first kappa shape index (κ1) is 13.2. The molecule has 0 radical (unpaired) electrons. The summed E-state index contributed by atoms with van der Waals surface area (Å²) in [5.74, 6) is -1.04. The topological polar surface area (TPSA) is 106 Å². The number of nitrogens with two attached hydrogens (primary N) is 1. The van der Waals surface area contributed by atoms with Gasteiger partial charge in [-0.3, -0.25) is 4.98 Å². The number of aromatic nitrogens is 4. The summed E-state index contributed by atoms with van der Waals surface area (Å²) in [6.07, 6.45) is 3.44. The van der Waals surface area contributed by atoms with Crippen LogP contribution in [-0.4, -0.2) is 30.7 Å². The van der Waals surface area contributed by atoms with E-state index in [0.717, 1.165) is 16.5 Å². The van der Waals surface area contributed by atoms with Gasteiger partial charge in [0, 0.05) is 23.3 Å². The summed E-state index contributed by atoms with van der Waals surface area (Å²) in [5.41, 5.74) is 8.31. The van der Waals surface area contributed by atoms with Crippen molar-refractivity contribution in [3.63, 3.8) is 0 Å². The minimum Gasteiger partial charge on any atom is -0.478 e. The van der Waals surface area contributed by atoms with Crippen LogP contribution in [0.25, 0.3) is 27.7 Å². The molecule has 0 aliphatic rings. The molecule has 0 saturated heterocycles. The number of carboxylic acids is 1. The monoisotopic (exact) mass is 305 g/mol. The maximum Gasteiger partial charge on any atom is 0.339 e. The molecule has 4 aromatic rings. The Hall–Kier alpha value is -3.48. The summed E-state index contributed by atoms with van der Waals surface area (Å²) in [6, 6.07) is 11.1. The Bertz CT molecular complexity index is 1070. The lowest BCUT2D eigenvalue weighted by atomic mass is 10.0. The van der Waals surface area contributed by atoms with Crippen molar-refractivity contribution in [3.8, 4) is 11.1 Å². The number of benzene rings is 1. The molecule has 3 heterocycles. The van der Waals surface area contributed by atoms with Gasteiger partial charge >= 0.3 is 5.97 Å². The van der Waals surface area contributed by atoms with Crippen LogP contribution >= 0.6 is 0 Å². The van der Waals surface area contributed by atoms with E-state index in [9.17, 15) is 9.90 Å². The first-order valence-electron chi connectivity index (χ1n) is 6.86. The van der Waals surface area contributed by atoms with Crippen molar-refractivity contribution in [2.24, 2.45) is 0 Å². The normalized spacial score (nSPS) is 11.1. The van der Waals surface area contributed by atoms with Gasteiger partial charge in [-0.2, -0.15) is 4.98 Å². The third-order valence-electron chi connectivity index (χ3n) is 3.62. The second-order valence-electron chi connectivity index (χ2n) is 5.10. The number of carbonyl (C=O) groups is 1. The van der Waals surface area contributed by atoms with E-state index in [1.807, 2.05) is 30.3 Å². The number of hydrogen-bond donors (Lipinski definition) is 2. The second kappa shape index (κ2) is 4.77. The van der Waals surface area contributed by atoms with Crippen molar-refractivity contribution in [2.45, 2.75) is 0 Å². The Labute approximate surface area is 130 Å². The van der Waals surface area contributed by atoms with Gasteiger partial charge in [-0.05, 0) is 29.8 Å². The van der Waals surface area contributed by atoms with E-state index in [1.165, 1.54) is 4.52 Å². The standard InChI is InChI=1S/C16H11N5O2/c17-16-19-14-12(15(22)23)7-11(8-21(14)20-16)9-3-4-13-10(6-9)2-1-5-18-13/h1-8H,(H2,17,20)(H,22,23). The third-order valence-corrected chi connectivity index (χ3v) is 3.62. The maximum atomic E-state index is 11.5. The van der Waals surface area contributed by atoms with E-state index >= 15 is 0 Å². The predicted molar refractivity (Wildman–Crippen MR) is 85.1 cm³/mol. The number of aromatic carboxylic acids is 1. The van der Waals surface area contributed by atoms with Gasteiger partial charge in [0.15, 0.2) is 5.65 Å². The second-order valence-corrected chi connectivity index (χ2v) is 5.10.